The predicted octanol–water partition coefficient (Wildman–Crippen LogP) is 3.54. The predicted molar refractivity (Wildman–Crippen MR) is 118 cm³/mol. The zero-order valence-corrected chi connectivity index (χ0v) is 17.1. The van der Waals surface area contributed by atoms with E-state index in [9.17, 15) is 19.7 Å². The number of nitrogens with zero attached hydrogens (tertiary/aromatic N) is 4. The second-order valence-electron chi connectivity index (χ2n) is 8.59. The molecule has 0 N–H and O–H groups in total. The van der Waals surface area contributed by atoms with Gasteiger partial charge in [0.05, 0.1) is 16.0 Å². The van der Waals surface area contributed by atoms with Crippen LogP contribution in [0, 0.1) is 10.1 Å². The summed E-state index contributed by atoms with van der Waals surface area (Å²) in [4.78, 5) is 43.2. The van der Waals surface area contributed by atoms with Gasteiger partial charge in [-0.1, -0.05) is 48.5 Å². The van der Waals surface area contributed by atoms with Gasteiger partial charge in [0.1, 0.15) is 6.04 Å². The molecule has 3 aliphatic rings. The number of non-ortho nitro benzene ring substituents is 1. The van der Waals surface area contributed by atoms with E-state index in [0.717, 1.165) is 19.5 Å². The Bertz CT molecular complexity index is 1280. The average molecular weight is 428 g/mol. The number of imide groups is 1. The Labute approximate surface area is 183 Å². The van der Waals surface area contributed by atoms with Crippen molar-refractivity contribution in [1.82, 2.24) is 9.80 Å². The van der Waals surface area contributed by atoms with E-state index in [1.807, 2.05) is 18.2 Å². The Morgan fingerprint density at radius 3 is 2.41 bits per heavy atom. The number of nitro groups is 1. The summed E-state index contributed by atoms with van der Waals surface area (Å²) in [6.45, 7) is 1.48. The molecule has 2 bridgehead atoms. The maximum absolute atomic E-state index is 13.6. The first-order valence-electron chi connectivity index (χ1n) is 10.6. The van der Waals surface area contributed by atoms with Gasteiger partial charge >= 0.3 is 6.03 Å². The summed E-state index contributed by atoms with van der Waals surface area (Å²) in [5, 5.41) is 12.4. The molecule has 3 amide bonds. The van der Waals surface area contributed by atoms with Crippen molar-refractivity contribution in [2.45, 2.75) is 31.1 Å². The number of hydrogen-bond donors (Lipinski definition) is 0. The van der Waals surface area contributed by atoms with Crippen molar-refractivity contribution in [1.29, 1.82) is 0 Å². The average Bonchev–Trinajstić information content (AvgIpc) is 3.45. The number of amides is 3. The lowest BCUT2D eigenvalue weighted by Crippen LogP contribution is -2.52. The summed E-state index contributed by atoms with van der Waals surface area (Å²) >= 11 is 0. The number of carbonyl (C=O) groups excluding carboxylic acids is 2. The smallest absolute Gasteiger partial charge is 0.306 e. The van der Waals surface area contributed by atoms with Crippen LogP contribution < -0.4 is 4.90 Å². The Kier molecular flexibility index (Phi) is 4.06. The summed E-state index contributed by atoms with van der Waals surface area (Å²) < 4.78 is 0. The van der Waals surface area contributed by atoms with E-state index in [0.29, 0.717) is 16.5 Å². The van der Waals surface area contributed by atoms with E-state index < -0.39 is 11.0 Å². The molecule has 3 fully saturated rings. The quantitative estimate of drug-likeness (QED) is 0.360. The maximum Gasteiger partial charge on any atom is 0.332 e. The van der Waals surface area contributed by atoms with Crippen molar-refractivity contribution in [2.24, 2.45) is 0 Å². The van der Waals surface area contributed by atoms with E-state index in [1.54, 1.807) is 29.2 Å². The van der Waals surface area contributed by atoms with Crippen LogP contribution in [0.2, 0.25) is 0 Å². The second kappa shape index (κ2) is 6.86. The lowest BCUT2D eigenvalue weighted by molar-refractivity contribution is -0.383. The topological polar surface area (TPSA) is 87.0 Å². The van der Waals surface area contributed by atoms with Crippen LogP contribution in [0.3, 0.4) is 0 Å². The molecule has 3 saturated heterocycles. The molecular weight excluding hydrogens is 408 g/mol. The fourth-order valence-corrected chi connectivity index (χ4v) is 5.59. The Morgan fingerprint density at radius 1 is 0.938 bits per heavy atom. The van der Waals surface area contributed by atoms with Gasteiger partial charge in [-0.2, -0.15) is 0 Å². The molecule has 3 heterocycles. The molecular formula is C24H20N4O4. The molecule has 0 aromatic heterocycles. The summed E-state index contributed by atoms with van der Waals surface area (Å²) in [5.74, 6) is -0.251. The SMILES string of the molecule is O=C1[C@@H]2[C@@H]3C[C@@H](CN3Cc3ccccc3)N2C(=O)N1c1ccc([N+](=O)[O-])c2ccccc12. The van der Waals surface area contributed by atoms with Crippen LogP contribution in [0.1, 0.15) is 12.0 Å². The lowest BCUT2D eigenvalue weighted by Gasteiger charge is -2.34. The molecule has 3 atom stereocenters. The molecule has 3 aromatic rings. The summed E-state index contributed by atoms with van der Waals surface area (Å²) in [7, 11) is 0. The third-order valence-electron chi connectivity index (χ3n) is 6.92. The molecule has 3 aliphatic heterocycles. The molecule has 8 heteroatoms. The molecule has 32 heavy (non-hydrogen) atoms. The standard InChI is InChI=1S/C24H20N4O4/c29-23-22-21-12-16(14-25(21)13-15-6-2-1-3-7-15)26(22)24(30)27(23)19-10-11-20(28(31)32)18-9-5-4-8-17(18)19/h1-11,16,21-22H,12-14H2/t16-,21-,22-/m0/s1. The first kappa shape index (κ1) is 18.9. The number of piperazine rings is 1. The molecule has 0 radical (unpaired) electrons. The molecule has 8 nitrogen and oxygen atoms in total. The maximum atomic E-state index is 13.6. The highest BCUT2D eigenvalue weighted by Crippen LogP contribution is 2.44. The van der Waals surface area contributed by atoms with Crippen molar-refractivity contribution in [3.63, 3.8) is 0 Å². The van der Waals surface area contributed by atoms with E-state index in [2.05, 4.69) is 17.0 Å². The van der Waals surface area contributed by atoms with Crippen molar-refractivity contribution >= 4 is 34.1 Å². The van der Waals surface area contributed by atoms with E-state index in [-0.39, 0.29) is 29.7 Å². The number of nitro benzene ring substituents is 1. The number of carbonyl (C=O) groups is 2. The molecule has 0 saturated carbocycles. The van der Waals surface area contributed by atoms with Gasteiger partial charge in [-0.25, -0.2) is 9.69 Å². The third kappa shape index (κ3) is 2.59. The van der Waals surface area contributed by atoms with Crippen LogP contribution in [0.5, 0.6) is 0 Å². The highest BCUT2D eigenvalue weighted by Gasteiger charge is 2.62. The highest BCUT2D eigenvalue weighted by molar-refractivity contribution is 6.25. The fraction of sp³-hybridized carbons (Fsp3) is 0.250. The monoisotopic (exact) mass is 428 g/mol. The van der Waals surface area contributed by atoms with E-state index >= 15 is 0 Å². The van der Waals surface area contributed by atoms with Crippen molar-refractivity contribution < 1.29 is 14.5 Å². The van der Waals surface area contributed by atoms with Crippen molar-refractivity contribution in [3.05, 3.63) is 82.4 Å². The van der Waals surface area contributed by atoms with Crippen LogP contribution in [-0.2, 0) is 11.3 Å². The van der Waals surface area contributed by atoms with E-state index in [1.165, 1.54) is 22.6 Å². The Morgan fingerprint density at radius 2 is 1.66 bits per heavy atom. The molecule has 6 rings (SSSR count). The van der Waals surface area contributed by atoms with Gasteiger partial charge < -0.3 is 4.90 Å². The fourth-order valence-electron chi connectivity index (χ4n) is 5.59. The Balaban J connectivity index is 1.36. The van der Waals surface area contributed by atoms with Crippen molar-refractivity contribution in [2.75, 3.05) is 11.4 Å². The largest absolute Gasteiger partial charge is 0.332 e. The highest BCUT2D eigenvalue weighted by atomic mass is 16.6. The first-order chi connectivity index (χ1) is 15.5. The van der Waals surface area contributed by atoms with Crippen LogP contribution in [0.15, 0.2) is 66.7 Å². The zero-order valence-electron chi connectivity index (χ0n) is 17.1. The van der Waals surface area contributed by atoms with Gasteiger partial charge in [0.2, 0.25) is 0 Å². The van der Waals surface area contributed by atoms with Gasteiger partial charge in [0.25, 0.3) is 11.6 Å². The third-order valence-corrected chi connectivity index (χ3v) is 6.92. The minimum atomic E-state index is -0.515. The van der Waals surface area contributed by atoms with Crippen molar-refractivity contribution in [3.8, 4) is 0 Å². The van der Waals surface area contributed by atoms with Gasteiger partial charge in [0.15, 0.2) is 0 Å². The molecule has 0 spiro atoms. The van der Waals surface area contributed by atoms with Crippen LogP contribution >= 0.6 is 0 Å². The number of likely N-dealkylation sites (tertiary alicyclic amines) is 1. The van der Waals surface area contributed by atoms with E-state index in [4.69, 9.17) is 0 Å². The zero-order chi connectivity index (χ0) is 22.0. The number of fused-ring (bicyclic) bond motifs is 6. The number of anilines is 1. The normalized spacial score (nSPS) is 24.6. The lowest BCUT2D eigenvalue weighted by atomic mass is 10.0. The number of benzene rings is 3. The minimum Gasteiger partial charge on any atom is -0.306 e. The minimum absolute atomic E-state index is 0.000486. The number of urea groups is 1. The molecule has 160 valence electrons. The summed E-state index contributed by atoms with van der Waals surface area (Å²) in [5.41, 5.74) is 1.55. The first-order valence-corrected chi connectivity index (χ1v) is 10.6. The number of hydrogen-bond acceptors (Lipinski definition) is 5. The van der Waals surface area contributed by atoms with Crippen LogP contribution in [-0.4, -0.2) is 51.3 Å². The van der Waals surface area contributed by atoms with Gasteiger partial charge in [0, 0.05) is 36.6 Å². The van der Waals surface area contributed by atoms with Crippen LogP contribution in [0.25, 0.3) is 10.8 Å². The second-order valence-corrected chi connectivity index (χ2v) is 8.59. The number of rotatable bonds is 4. The van der Waals surface area contributed by atoms with Gasteiger partial charge in [-0.15, -0.1) is 0 Å². The van der Waals surface area contributed by atoms with Gasteiger partial charge in [-0.05, 0) is 24.1 Å². The summed E-state index contributed by atoms with van der Waals surface area (Å²) in [6.07, 6.45) is 0.795. The molecule has 3 aromatic carbocycles. The Hall–Kier alpha value is -3.78. The molecule has 0 aliphatic carbocycles. The van der Waals surface area contributed by atoms with Gasteiger partial charge in [-0.3, -0.25) is 19.8 Å². The van der Waals surface area contributed by atoms with Crippen LogP contribution in [0.4, 0.5) is 16.2 Å². The summed E-state index contributed by atoms with van der Waals surface area (Å²) in [6, 6.07) is 19.0. The molecule has 0 unspecified atom stereocenters.